The lowest BCUT2D eigenvalue weighted by atomic mass is 9.97. The molecule has 1 saturated heterocycles. The minimum absolute atomic E-state index is 0.108. The summed E-state index contributed by atoms with van der Waals surface area (Å²) >= 11 is 0. The highest BCUT2D eigenvalue weighted by Gasteiger charge is 2.29. The Labute approximate surface area is 89.0 Å². The van der Waals surface area contributed by atoms with Crippen LogP contribution >= 0.6 is 0 Å². The van der Waals surface area contributed by atoms with E-state index in [1.807, 2.05) is 6.07 Å². The monoisotopic (exact) mass is 208 g/mol. The third-order valence-electron chi connectivity index (χ3n) is 2.90. The number of carbonyl (C=O) groups excluding carboxylic acids is 1. The van der Waals surface area contributed by atoms with E-state index in [1.165, 1.54) is 0 Å². The van der Waals surface area contributed by atoms with Gasteiger partial charge in [0.2, 0.25) is 5.91 Å². The number of carbonyl (C=O) groups is 1. The maximum atomic E-state index is 11.8. The molecule has 2 unspecified atom stereocenters. The van der Waals surface area contributed by atoms with Gasteiger partial charge in [-0.25, -0.2) is 0 Å². The molecule has 2 heterocycles. The summed E-state index contributed by atoms with van der Waals surface area (Å²) in [6.45, 7) is 4.38. The van der Waals surface area contributed by atoms with Gasteiger partial charge in [0, 0.05) is 18.7 Å². The molecule has 2 atom stereocenters. The normalized spacial score (nSPS) is 25.4. The van der Waals surface area contributed by atoms with Gasteiger partial charge in [-0.1, -0.05) is 6.92 Å². The third kappa shape index (κ3) is 2.39. The predicted octanol–water partition coefficient (Wildman–Crippen LogP) is 0.751. The molecular weight excluding hydrogens is 192 g/mol. The van der Waals surface area contributed by atoms with Crippen LogP contribution in [-0.4, -0.2) is 19.0 Å². The highest BCUT2D eigenvalue weighted by molar-refractivity contribution is 5.79. The summed E-state index contributed by atoms with van der Waals surface area (Å²) in [5, 5.41) is 6.14. The maximum absolute atomic E-state index is 11.8. The fourth-order valence-corrected chi connectivity index (χ4v) is 1.87. The molecule has 0 saturated carbocycles. The molecule has 15 heavy (non-hydrogen) atoms. The van der Waals surface area contributed by atoms with Crippen LogP contribution in [0.1, 0.15) is 12.5 Å². The maximum Gasteiger partial charge on any atom is 0.224 e. The van der Waals surface area contributed by atoms with Crippen molar-refractivity contribution in [2.24, 2.45) is 11.8 Å². The Kier molecular flexibility index (Phi) is 3.06. The van der Waals surface area contributed by atoms with Gasteiger partial charge in [0.25, 0.3) is 0 Å². The van der Waals surface area contributed by atoms with E-state index in [9.17, 15) is 4.79 Å². The Morgan fingerprint density at radius 2 is 2.53 bits per heavy atom. The molecule has 1 fully saturated rings. The van der Waals surface area contributed by atoms with Gasteiger partial charge in [-0.2, -0.15) is 0 Å². The molecule has 0 radical (unpaired) electrons. The first kappa shape index (κ1) is 10.2. The number of amides is 1. The lowest BCUT2D eigenvalue weighted by molar-refractivity contribution is -0.125. The van der Waals surface area contributed by atoms with Crippen LogP contribution in [0.15, 0.2) is 23.0 Å². The van der Waals surface area contributed by atoms with Gasteiger partial charge in [-0.05, 0) is 18.5 Å². The number of nitrogens with one attached hydrogen (secondary N) is 2. The number of furan rings is 1. The standard InChI is InChI=1S/C11H16N2O2/c1-8-4-12-6-10(8)11(14)13-5-9-2-3-15-7-9/h2-3,7-8,10,12H,4-6H2,1H3,(H,13,14). The molecule has 1 aliphatic rings. The molecule has 2 N–H and O–H groups in total. The van der Waals surface area contributed by atoms with E-state index in [0.717, 1.165) is 18.7 Å². The van der Waals surface area contributed by atoms with E-state index in [2.05, 4.69) is 17.6 Å². The predicted molar refractivity (Wildman–Crippen MR) is 56.1 cm³/mol. The second-order valence-electron chi connectivity index (χ2n) is 4.09. The molecule has 1 amide bonds. The summed E-state index contributed by atoms with van der Waals surface area (Å²) in [7, 11) is 0. The first-order valence-corrected chi connectivity index (χ1v) is 5.27. The van der Waals surface area contributed by atoms with E-state index in [0.29, 0.717) is 12.5 Å². The number of hydrogen-bond donors (Lipinski definition) is 2. The van der Waals surface area contributed by atoms with Gasteiger partial charge in [-0.3, -0.25) is 4.79 Å². The van der Waals surface area contributed by atoms with E-state index >= 15 is 0 Å². The molecule has 0 aromatic carbocycles. The van der Waals surface area contributed by atoms with Crippen LogP contribution in [0.3, 0.4) is 0 Å². The van der Waals surface area contributed by atoms with Crippen molar-refractivity contribution >= 4 is 5.91 Å². The smallest absolute Gasteiger partial charge is 0.224 e. The van der Waals surface area contributed by atoms with E-state index in [-0.39, 0.29) is 11.8 Å². The van der Waals surface area contributed by atoms with Gasteiger partial charge >= 0.3 is 0 Å². The summed E-state index contributed by atoms with van der Waals surface area (Å²) < 4.78 is 4.93. The Balaban J connectivity index is 1.82. The van der Waals surface area contributed by atoms with Crippen LogP contribution in [0.25, 0.3) is 0 Å². The second-order valence-corrected chi connectivity index (χ2v) is 4.09. The van der Waals surface area contributed by atoms with Crippen molar-refractivity contribution in [3.8, 4) is 0 Å². The topological polar surface area (TPSA) is 54.3 Å². The first-order valence-electron chi connectivity index (χ1n) is 5.27. The van der Waals surface area contributed by atoms with Crippen LogP contribution < -0.4 is 10.6 Å². The van der Waals surface area contributed by atoms with Gasteiger partial charge in [0.15, 0.2) is 0 Å². The average molecular weight is 208 g/mol. The second kappa shape index (κ2) is 4.49. The Bertz CT molecular complexity index is 321. The van der Waals surface area contributed by atoms with Crippen LogP contribution in [0.5, 0.6) is 0 Å². The molecule has 1 aromatic heterocycles. The zero-order valence-electron chi connectivity index (χ0n) is 8.82. The van der Waals surface area contributed by atoms with Crippen molar-refractivity contribution in [2.45, 2.75) is 13.5 Å². The van der Waals surface area contributed by atoms with Gasteiger partial charge in [-0.15, -0.1) is 0 Å². The van der Waals surface area contributed by atoms with Crippen molar-refractivity contribution in [3.05, 3.63) is 24.2 Å². The van der Waals surface area contributed by atoms with Crippen molar-refractivity contribution in [2.75, 3.05) is 13.1 Å². The average Bonchev–Trinajstić information content (AvgIpc) is 2.84. The summed E-state index contributed by atoms with van der Waals surface area (Å²) in [6, 6.07) is 1.86. The summed E-state index contributed by atoms with van der Waals surface area (Å²) in [5.41, 5.74) is 1.00. The van der Waals surface area contributed by atoms with E-state index in [1.54, 1.807) is 12.5 Å². The Morgan fingerprint density at radius 3 is 3.13 bits per heavy atom. The van der Waals surface area contributed by atoms with Crippen molar-refractivity contribution in [1.82, 2.24) is 10.6 Å². The van der Waals surface area contributed by atoms with E-state index in [4.69, 9.17) is 4.42 Å². The Hall–Kier alpha value is -1.29. The molecular formula is C11H16N2O2. The molecule has 1 aliphatic heterocycles. The zero-order valence-corrected chi connectivity index (χ0v) is 8.82. The summed E-state index contributed by atoms with van der Waals surface area (Å²) in [5.74, 6) is 0.667. The fraction of sp³-hybridized carbons (Fsp3) is 0.545. The van der Waals surface area contributed by atoms with Crippen molar-refractivity contribution < 1.29 is 9.21 Å². The van der Waals surface area contributed by atoms with Gasteiger partial charge in [0.1, 0.15) is 0 Å². The molecule has 4 nitrogen and oxygen atoms in total. The molecule has 2 rings (SSSR count). The first-order chi connectivity index (χ1) is 7.27. The van der Waals surface area contributed by atoms with E-state index < -0.39 is 0 Å². The number of rotatable bonds is 3. The minimum Gasteiger partial charge on any atom is -0.472 e. The van der Waals surface area contributed by atoms with Crippen LogP contribution in [0.2, 0.25) is 0 Å². The van der Waals surface area contributed by atoms with Crippen molar-refractivity contribution in [1.29, 1.82) is 0 Å². The zero-order chi connectivity index (χ0) is 10.7. The summed E-state index contributed by atoms with van der Waals surface area (Å²) in [6.07, 6.45) is 3.26. The Morgan fingerprint density at radius 1 is 1.67 bits per heavy atom. The number of hydrogen-bond acceptors (Lipinski definition) is 3. The minimum atomic E-state index is 0.108. The molecule has 82 valence electrons. The van der Waals surface area contributed by atoms with Crippen LogP contribution in [0, 0.1) is 11.8 Å². The molecule has 0 spiro atoms. The molecule has 1 aromatic rings. The highest BCUT2D eigenvalue weighted by atomic mass is 16.3. The van der Waals surface area contributed by atoms with Gasteiger partial charge < -0.3 is 15.1 Å². The van der Waals surface area contributed by atoms with Gasteiger partial charge in [0.05, 0.1) is 18.4 Å². The molecule has 4 heteroatoms. The van der Waals surface area contributed by atoms with Crippen LogP contribution in [-0.2, 0) is 11.3 Å². The summed E-state index contributed by atoms with van der Waals surface area (Å²) in [4.78, 5) is 11.8. The largest absolute Gasteiger partial charge is 0.472 e. The third-order valence-corrected chi connectivity index (χ3v) is 2.90. The quantitative estimate of drug-likeness (QED) is 0.770. The van der Waals surface area contributed by atoms with Crippen LogP contribution in [0.4, 0.5) is 0 Å². The SMILES string of the molecule is CC1CNCC1C(=O)NCc1ccoc1. The lowest BCUT2D eigenvalue weighted by Crippen LogP contribution is -2.33. The molecule has 0 aliphatic carbocycles. The fourth-order valence-electron chi connectivity index (χ4n) is 1.87. The highest BCUT2D eigenvalue weighted by Crippen LogP contribution is 2.15. The molecule has 0 bridgehead atoms. The van der Waals surface area contributed by atoms with Crippen molar-refractivity contribution in [3.63, 3.8) is 0 Å². The lowest BCUT2D eigenvalue weighted by Gasteiger charge is -2.13.